The fourth-order valence-electron chi connectivity index (χ4n) is 2.71. The molecule has 0 spiro atoms. The second-order valence-corrected chi connectivity index (χ2v) is 7.31. The van der Waals surface area contributed by atoms with Gasteiger partial charge in [0.2, 0.25) is 0 Å². The van der Waals surface area contributed by atoms with Gasteiger partial charge in [0.25, 0.3) is 0 Å². The molecule has 0 radical (unpaired) electrons. The van der Waals surface area contributed by atoms with Crippen molar-refractivity contribution < 1.29 is 0 Å². The molecule has 102 valence electrons. The highest BCUT2D eigenvalue weighted by molar-refractivity contribution is 7.99. The van der Waals surface area contributed by atoms with Gasteiger partial charge in [-0.25, -0.2) is 0 Å². The third kappa shape index (κ3) is 5.19. The van der Waals surface area contributed by atoms with E-state index >= 15 is 0 Å². The Morgan fingerprint density at radius 1 is 1.18 bits per heavy atom. The highest BCUT2D eigenvalue weighted by atomic mass is 32.2. The standard InChI is InChI=1S/C14H30N2S/c1-10(2)8-17-9-14(16-15)13-6-5-11(3)12(4)7-13/h10-14,16H,5-9,15H2,1-4H3. The lowest BCUT2D eigenvalue weighted by Gasteiger charge is -2.36. The van der Waals surface area contributed by atoms with Crippen molar-refractivity contribution in [1.29, 1.82) is 0 Å². The molecule has 1 fully saturated rings. The van der Waals surface area contributed by atoms with Crippen LogP contribution in [0, 0.1) is 23.7 Å². The van der Waals surface area contributed by atoms with Crippen molar-refractivity contribution in [2.45, 2.75) is 53.0 Å². The van der Waals surface area contributed by atoms with E-state index < -0.39 is 0 Å². The van der Waals surface area contributed by atoms with Crippen LogP contribution >= 0.6 is 11.8 Å². The summed E-state index contributed by atoms with van der Waals surface area (Å²) in [6.07, 6.45) is 4.07. The second kappa shape index (κ2) is 7.65. The third-order valence-corrected chi connectivity index (χ3v) is 5.67. The van der Waals surface area contributed by atoms with Gasteiger partial charge in [0.1, 0.15) is 0 Å². The van der Waals surface area contributed by atoms with Crippen molar-refractivity contribution in [1.82, 2.24) is 5.43 Å². The first kappa shape index (κ1) is 15.3. The van der Waals surface area contributed by atoms with E-state index in [2.05, 4.69) is 33.1 Å². The molecule has 3 heteroatoms. The van der Waals surface area contributed by atoms with E-state index in [1.165, 1.54) is 30.8 Å². The highest BCUT2D eigenvalue weighted by Gasteiger charge is 2.29. The molecule has 1 aliphatic carbocycles. The zero-order valence-electron chi connectivity index (χ0n) is 11.9. The minimum atomic E-state index is 0.508. The Hall–Kier alpha value is 0.270. The summed E-state index contributed by atoms with van der Waals surface area (Å²) >= 11 is 2.05. The first-order chi connectivity index (χ1) is 8.04. The Kier molecular flexibility index (Phi) is 6.90. The van der Waals surface area contributed by atoms with Crippen LogP contribution in [0.15, 0.2) is 0 Å². The molecule has 0 aromatic heterocycles. The molecule has 0 heterocycles. The number of hydrogen-bond donors (Lipinski definition) is 2. The summed E-state index contributed by atoms with van der Waals surface area (Å²) in [6, 6.07) is 0.508. The van der Waals surface area contributed by atoms with Gasteiger partial charge < -0.3 is 0 Å². The minimum absolute atomic E-state index is 0.508. The zero-order chi connectivity index (χ0) is 12.8. The molecule has 17 heavy (non-hydrogen) atoms. The summed E-state index contributed by atoms with van der Waals surface area (Å²) < 4.78 is 0. The molecule has 0 amide bonds. The van der Waals surface area contributed by atoms with Crippen LogP contribution in [-0.4, -0.2) is 17.5 Å². The fraction of sp³-hybridized carbons (Fsp3) is 1.00. The van der Waals surface area contributed by atoms with Gasteiger partial charge in [0.05, 0.1) is 0 Å². The van der Waals surface area contributed by atoms with E-state index in [9.17, 15) is 0 Å². The Balaban J connectivity index is 2.34. The summed E-state index contributed by atoms with van der Waals surface area (Å²) in [5.74, 6) is 11.5. The third-order valence-electron chi connectivity index (χ3n) is 4.17. The van der Waals surface area contributed by atoms with E-state index in [1.807, 2.05) is 11.8 Å². The number of nitrogens with one attached hydrogen (secondary N) is 1. The summed E-state index contributed by atoms with van der Waals surface area (Å²) in [4.78, 5) is 0. The number of rotatable bonds is 6. The van der Waals surface area contributed by atoms with Crippen LogP contribution < -0.4 is 11.3 Å². The maximum Gasteiger partial charge on any atom is 0.0329 e. The van der Waals surface area contributed by atoms with Gasteiger partial charge in [-0.2, -0.15) is 11.8 Å². The van der Waals surface area contributed by atoms with Gasteiger partial charge in [-0.3, -0.25) is 11.3 Å². The number of hydrogen-bond acceptors (Lipinski definition) is 3. The van der Waals surface area contributed by atoms with Crippen LogP contribution in [-0.2, 0) is 0 Å². The monoisotopic (exact) mass is 258 g/mol. The van der Waals surface area contributed by atoms with Crippen molar-refractivity contribution >= 4 is 11.8 Å². The molecular formula is C14H30N2S. The first-order valence-corrected chi connectivity index (χ1v) is 8.23. The van der Waals surface area contributed by atoms with E-state index in [4.69, 9.17) is 5.84 Å². The van der Waals surface area contributed by atoms with Crippen LogP contribution in [0.25, 0.3) is 0 Å². The largest absolute Gasteiger partial charge is 0.271 e. The first-order valence-electron chi connectivity index (χ1n) is 7.08. The molecule has 4 atom stereocenters. The Morgan fingerprint density at radius 3 is 2.41 bits per heavy atom. The topological polar surface area (TPSA) is 38.0 Å². The van der Waals surface area contributed by atoms with Gasteiger partial charge >= 0.3 is 0 Å². The molecule has 1 rings (SSSR count). The summed E-state index contributed by atoms with van der Waals surface area (Å²) in [5.41, 5.74) is 3.06. The van der Waals surface area contributed by atoms with Gasteiger partial charge in [-0.15, -0.1) is 0 Å². The lowest BCUT2D eigenvalue weighted by molar-refractivity contribution is 0.179. The van der Waals surface area contributed by atoms with E-state index in [0.29, 0.717) is 6.04 Å². The van der Waals surface area contributed by atoms with Crippen molar-refractivity contribution in [3.05, 3.63) is 0 Å². The molecule has 0 saturated heterocycles. The fourth-order valence-corrected chi connectivity index (χ4v) is 3.94. The predicted molar refractivity (Wildman–Crippen MR) is 78.9 cm³/mol. The van der Waals surface area contributed by atoms with Gasteiger partial charge in [-0.1, -0.05) is 34.1 Å². The summed E-state index contributed by atoms with van der Waals surface area (Å²) in [7, 11) is 0. The SMILES string of the molecule is CC(C)CSCC(NN)C1CCC(C)C(C)C1. The summed E-state index contributed by atoms with van der Waals surface area (Å²) in [5, 5.41) is 0. The molecule has 4 unspecified atom stereocenters. The maximum atomic E-state index is 5.74. The molecule has 2 nitrogen and oxygen atoms in total. The smallest absolute Gasteiger partial charge is 0.0329 e. The predicted octanol–water partition coefficient (Wildman–Crippen LogP) is 3.28. The number of thioether (sulfide) groups is 1. The van der Waals surface area contributed by atoms with Gasteiger partial charge in [-0.05, 0) is 42.3 Å². The number of nitrogens with two attached hydrogens (primary N) is 1. The Morgan fingerprint density at radius 2 is 1.88 bits per heavy atom. The van der Waals surface area contributed by atoms with Crippen LogP contribution in [0.5, 0.6) is 0 Å². The van der Waals surface area contributed by atoms with E-state index in [0.717, 1.165) is 23.7 Å². The lowest BCUT2D eigenvalue weighted by atomic mass is 9.73. The average molecular weight is 258 g/mol. The van der Waals surface area contributed by atoms with Crippen molar-refractivity contribution in [2.75, 3.05) is 11.5 Å². The average Bonchev–Trinajstić information content (AvgIpc) is 2.28. The van der Waals surface area contributed by atoms with E-state index in [-0.39, 0.29) is 0 Å². The summed E-state index contributed by atoms with van der Waals surface area (Å²) in [6.45, 7) is 9.34. The van der Waals surface area contributed by atoms with Crippen LogP contribution in [0.2, 0.25) is 0 Å². The normalized spacial score (nSPS) is 31.8. The van der Waals surface area contributed by atoms with Crippen LogP contribution in [0.4, 0.5) is 0 Å². The quantitative estimate of drug-likeness (QED) is 0.567. The zero-order valence-corrected chi connectivity index (χ0v) is 12.7. The molecule has 0 bridgehead atoms. The van der Waals surface area contributed by atoms with Crippen molar-refractivity contribution in [3.8, 4) is 0 Å². The Bertz CT molecular complexity index is 208. The van der Waals surface area contributed by atoms with Gasteiger partial charge in [0.15, 0.2) is 0 Å². The van der Waals surface area contributed by atoms with E-state index in [1.54, 1.807) is 0 Å². The van der Waals surface area contributed by atoms with Gasteiger partial charge in [0, 0.05) is 11.8 Å². The Labute approximate surface area is 111 Å². The van der Waals surface area contributed by atoms with Crippen molar-refractivity contribution in [2.24, 2.45) is 29.5 Å². The minimum Gasteiger partial charge on any atom is -0.271 e. The molecular weight excluding hydrogens is 228 g/mol. The van der Waals surface area contributed by atoms with Crippen LogP contribution in [0.3, 0.4) is 0 Å². The molecule has 0 aliphatic heterocycles. The highest BCUT2D eigenvalue weighted by Crippen LogP contribution is 2.35. The number of hydrazine groups is 1. The molecule has 1 aliphatic rings. The second-order valence-electron chi connectivity index (χ2n) is 6.23. The lowest BCUT2D eigenvalue weighted by Crippen LogP contribution is -2.45. The molecule has 1 saturated carbocycles. The molecule has 0 aromatic rings. The maximum absolute atomic E-state index is 5.74. The molecule has 0 aromatic carbocycles. The van der Waals surface area contributed by atoms with Crippen LogP contribution in [0.1, 0.15) is 47.0 Å². The van der Waals surface area contributed by atoms with Crippen molar-refractivity contribution in [3.63, 3.8) is 0 Å². The molecule has 3 N–H and O–H groups in total.